The first kappa shape index (κ1) is 14.2. The largest absolute Gasteiger partial charge is 0.480 e. The molecule has 2 rings (SSSR count). The smallest absolute Gasteiger partial charge is 0.326 e. The molecule has 1 atom stereocenters. The zero-order valence-electron chi connectivity index (χ0n) is 11.7. The Morgan fingerprint density at radius 3 is 2.58 bits per heavy atom. The topological polar surface area (TPSA) is 60.9 Å². The van der Waals surface area contributed by atoms with E-state index in [0.717, 1.165) is 32.4 Å². The molecule has 1 N–H and O–H groups in total. The summed E-state index contributed by atoms with van der Waals surface area (Å²) in [5, 5.41) is 9.25. The molecule has 5 heteroatoms. The predicted octanol–water partition coefficient (Wildman–Crippen LogP) is 2.17. The Labute approximate surface area is 114 Å². The highest BCUT2D eigenvalue weighted by Crippen LogP contribution is 2.30. The van der Waals surface area contributed by atoms with Crippen LogP contribution in [0.5, 0.6) is 0 Å². The standard InChI is InChI=1S/C14H24N2O3/c1-2-8-15(10-11-6-7-11)14(19)16-9-4-3-5-12(16)13(17)18/h11-12H,2-10H2,1H3,(H,17,18). The Bertz CT molecular complexity index is 342. The van der Waals surface area contributed by atoms with Crippen molar-refractivity contribution in [2.45, 2.75) is 51.5 Å². The summed E-state index contributed by atoms with van der Waals surface area (Å²) in [6.45, 7) is 4.17. The first-order chi connectivity index (χ1) is 9.13. The van der Waals surface area contributed by atoms with Gasteiger partial charge < -0.3 is 14.9 Å². The summed E-state index contributed by atoms with van der Waals surface area (Å²) in [4.78, 5) is 27.3. The van der Waals surface area contributed by atoms with Crippen LogP contribution < -0.4 is 0 Å². The van der Waals surface area contributed by atoms with Gasteiger partial charge in [-0.3, -0.25) is 0 Å². The number of nitrogens with zero attached hydrogens (tertiary/aromatic N) is 2. The third-order valence-corrected chi connectivity index (χ3v) is 3.97. The monoisotopic (exact) mass is 268 g/mol. The van der Waals surface area contributed by atoms with E-state index in [1.54, 1.807) is 4.90 Å². The number of carbonyl (C=O) groups excluding carboxylic acids is 1. The third kappa shape index (κ3) is 3.61. The van der Waals surface area contributed by atoms with Crippen molar-refractivity contribution in [3.63, 3.8) is 0 Å². The Morgan fingerprint density at radius 1 is 1.26 bits per heavy atom. The Balaban J connectivity index is 2.02. The molecular weight excluding hydrogens is 244 g/mol. The van der Waals surface area contributed by atoms with E-state index in [4.69, 9.17) is 0 Å². The lowest BCUT2D eigenvalue weighted by atomic mass is 10.0. The van der Waals surface area contributed by atoms with E-state index in [0.29, 0.717) is 18.9 Å². The minimum atomic E-state index is -0.865. The minimum absolute atomic E-state index is 0.0687. The van der Waals surface area contributed by atoms with Gasteiger partial charge in [-0.15, -0.1) is 0 Å². The first-order valence-corrected chi connectivity index (χ1v) is 7.41. The number of likely N-dealkylation sites (tertiary alicyclic amines) is 1. The SMILES string of the molecule is CCCN(CC1CC1)C(=O)N1CCCCC1C(=O)O. The van der Waals surface area contributed by atoms with E-state index in [2.05, 4.69) is 6.92 Å². The number of amides is 2. The van der Waals surface area contributed by atoms with Crippen LogP contribution in [0.1, 0.15) is 45.4 Å². The van der Waals surface area contributed by atoms with Gasteiger partial charge in [0, 0.05) is 19.6 Å². The number of hydrogen-bond donors (Lipinski definition) is 1. The molecule has 19 heavy (non-hydrogen) atoms. The van der Waals surface area contributed by atoms with Gasteiger partial charge in [0.05, 0.1) is 0 Å². The minimum Gasteiger partial charge on any atom is -0.480 e. The van der Waals surface area contributed by atoms with E-state index in [1.807, 2.05) is 4.90 Å². The second kappa shape index (κ2) is 6.26. The van der Waals surface area contributed by atoms with Gasteiger partial charge in [-0.05, 0) is 44.4 Å². The van der Waals surface area contributed by atoms with E-state index in [-0.39, 0.29) is 6.03 Å². The molecule has 2 aliphatic rings. The summed E-state index contributed by atoms with van der Waals surface area (Å²) in [5.74, 6) is -0.223. The summed E-state index contributed by atoms with van der Waals surface area (Å²) in [6.07, 6.45) is 5.73. The van der Waals surface area contributed by atoms with Crippen LogP contribution >= 0.6 is 0 Å². The van der Waals surface area contributed by atoms with E-state index < -0.39 is 12.0 Å². The van der Waals surface area contributed by atoms with Crippen LogP contribution in [0, 0.1) is 5.92 Å². The molecule has 108 valence electrons. The molecule has 1 aliphatic carbocycles. The van der Waals surface area contributed by atoms with E-state index >= 15 is 0 Å². The molecule has 1 saturated heterocycles. The third-order valence-electron chi connectivity index (χ3n) is 3.97. The van der Waals surface area contributed by atoms with Crippen molar-refractivity contribution in [3.05, 3.63) is 0 Å². The molecule has 0 spiro atoms. The number of hydrogen-bond acceptors (Lipinski definition) is 2. The van der Waals surface area contributed by atoms with Crippen molar-refractivity contribution < 1.29 is 14.7 Å². The molecule has 0 aromatic carbocycles. The van der Waals surface area contributed by atoms with Crippen LogP contribution in [-0.4, -0.2) is 52.6 Å². The summed E-state index contributed by atoms with van der Waals surface area (Å²) in [5.41, 5.74) is 0. The molecule has 1 aliphatic heterocycles. The molecule has 0 bridgehead atoms. The van der Waals surface area contributed by atoms with Gasteiger partial charge >= 0.3 is 12.0 Å². The normalized spacial score (nSPS) is 23.2. The van der Waals surface area contributed by atoms with Gasteiger partial charge in [-0.1, -0.05) is 6.92 Å². The fraction of sp³-hybridized carbons (Fsp3) is 0.857. The van der Waals surface area contributed by atoms with Gasteiger partial charge in [0.25, 0.3) is 0 Å². The molecule has 0 aromatic rings. The van der Waals surface area contributed by atoms with Crippen molar-refractivity contribution in [1.82, 2.24) is 9.80 Å². The summed E-state index contributed by atoms with van der Waals surface area (Å²) in [6, 6.07) is -0.694. The Morgan fingerprint density at radius 2 is 2.00 bits per heavy atom. The molecule has 1 heterocycles. The predicted molar refractivity (Wildman–Crippen MR) is 72.0 cm³/mol. The summed E-state index contributed by atoms with van der Waals surface area (Å²) >= 11 is 0. The lowest BCUT2D eigenvalue weighted by molar-refractivity contribution is -0.143. The fourth-order valence-corrected chi connectivity index (χ4v) is 2.75. The zero-order valence-corrected chi connectivity index (χ0v) is 11.7. The van der Waals surface area contributed by atoms with Crippen molar-refractivity contribution in [2.75, 3.05) is 19.6 Å². The number of piperidine rings is 1. The highest BCUT2D eigenvalue weighted by atomic mass is 16.4. The van der Waals surface area contributed by atoms with Crippen molar-refractivity contribution in [1.29, 1.82) is 0 Å². The molecule has 2 amide bonds. The van der Waals surface area contributed by atoms with Crippen molar-refractivity contribution >= 4 is 12.0 Å². The quantitative estimate of drug-likeness (QED) is 0.831. The maximum atomic E-state index is 12.6. The first-order valence-electron chi connectivity index (χ1n) is 7.41. The maximum Gasteiger partial charge on any atom is 0.326 e. The van der Waals surface area contributed by atoms with Crippen molar-refractivity contribution in [2.24, 2.45) is 5.92 Å². The highest BCUT2D eigenvalue weighted by Gasteiger charge is 2.35. The Hall–Kier alpha value is -1.26. The van der Waals surface area contributed by atoms with Gasteiger partial charge in [0.2, 0.25) is 0 Å². The second-order valence-corrected chi connectivity index (χ2v) is 5.72. The molecule has 2 fully saturated rings. The lowest BCUT2D eigenvalue weighted by Gasteiger charge is -2.37. The molecule has 0 aromatic heterocycles. The molecule has 5 nitrogen and oxygen atoms in total. The Kier molecular flexibility index (Phi) is 4.66. The van der Waals surface area contributed by atoms with Crippen LogP contribution in [0.2, 0.25) is 0 Å². The number of carbonyl (C=O) groups is 2. The van der Waals surface area contributed by atoms with E-state index in [9.17, 15) is 14.7 Å². The maximum absolute atomic E-state index is 12.6. The second-order valence-electron chi connectivity index (χ2n) is 5.72. The van der Waals surface area contributed by atoms with Crippen molar-refractivity contribution in [3.8, 4) is 0 Å². The van der Waals surface area contributed by atoms with Crippen LogP contribution in [0.15, 0.2) is 0 Å². The van der Waals surface area contributed by atoms with Crippen LogP contribution in [-0.2, 0) is 4.79 Å². The van der Waals surface area contributed by atoms with E-state index in [1.165, 1.54) is 12.8 Å². The van der Waals surface area contributed by atoms with Crippen LogP contribution in [0.25, 0.3) is 0 Å². The average Bonchev–Trinajstić information content (AvgIpc) is 3.21. The van der Waals surface area contributed by atoms with Gasteiger partial charge in [0.15, 0.2) is 0 Å². The molecule has 0 radical (unpaired) electrons. The lowest BCUT2D eigenvalue weighted by Crippen LogP contribution is -2.53. The van der Waals surface area contributed by atoms with Crippen LogP contribution in [0.3, 0.4) is 0 Å². The molecular formula is C14H24N2O3. The number of aliphatic carboxylic acids is 1. The van der Waals surface area contributed by atoms with Gasteiger partial charge in [-0.25, -0.2) is 9.59 Å². The molecule has 1 saturated carbocycles. The van der Waals surface area contributed by atoms with Crippen LogP contribution in [0.4, 0.5) is 4.79 Å². The zero-order chi connectivity index (χ0) is 13.8. The summed E-state index contributed by atoms with van der Waals surface area (Å²) < 4.78 is 0. The number of urea groups is 1. The average molecular weight is 268 g/mol. The summed E-state index contributed by atoms with van der Waals surface area (Å²) in [7, 11) is 0. The number of carboxylic acids is 1. The molecule has 1 unspecified atom stereocenters. The van der Waals surface area contributed by atoms with Gasteiger partial charge in [0.1, 0.15) is 6.04 Å². The highest BCUT2D eigenvalue weighted by molar-refractivity contribution is 5.83. The number of rotatable bonds is 5. The van der Waals surface area contributed by atoms with Gasteiger partial charge in [-0.2, -0.15) is 0 Å². The number of carboxylic acid groups (broad SMARTS) is 1. The fourth-order valence-electron chi connectivity index (χ4n) is 2.75.